The maximum absolute atomic E-state index is 13.9. The van der Waals surface area contributed by atoms with Crippen molar-refractivity contribution in [2.45, 2.75) is 15.8 Å². The summed E-state index contributed by atoms with van der Waals surface area (Å²) >= 11 is 3.02. The Balaban J connectivity index is 1.63. The molecule has 0 radical (unpaired) electrons. The van der Waals surface area contributed by atoms with Gasteiger partial charge in [-0.15, -0.1) is 23.5 Å². The summed E-state index contributed by atoms with van der Waals surface area (Å²) < 4.78 is 13.9. The lowest BCUT2D eigenvalue weighted by atomic mass is 10.1. The molecular formula is C22H18FNOS2. The summed E-state index contributed by atoms with van der Waals surface area (Å²) in [6.45, 7) is 0. The molecular weight excluding hydrogens is 377 g/mol. The Morgan fingerprint density at radius 2 is 1.70 bits per heavy atom. The number of anilines is 1. The molecule has 0 spiro atoms. The van der Waals surface area contributed by atoms with Gasteiger partial charge >= 0.3 is 0 Å². The van der Waals surface area contributed by atoms with Crippen LogP contribution in [0.2, 0.25) is 0 Å². The minimum absolute atomic E-state index is 0.00939. The summed E-state index contributed by atoms with van der Waals surface area (Å²) in [5.74, 6) is 0.704. The molecule has 0 bridgehead atoms. The van der Waals surface area contributed by atoms with Crippen molar-refractivity contribution < 1.29 is 9.18 Å². The second-order valence-corrected chi connectivity index (χ2v) is 8.27. The van der Waals surface area contributed by atoms with Crippen LogP contribution in [-0.4, -0.2) is 17.4 Å². The molecule has 1 aliphatic heterocycles. The van der Waals surface area contributed by atoms with Crippen LogP contribution in [0.1, 0.15) is 11.6 Å². The third kappa shape index (κ3) is 3.89. The van der Waals surface area contributed by atoms with E-state index in [4.69, 9.17) is 0 Å². The van der Waals surface area contributed by atoms with Crippen molar-refractivity contribution >= 4 is 35.1 Å². The molecule has 0 aliphatic carbocycles. The topological polar surface area (TPSA) is 20.3 Å². The normalized spacial score (nSPS) is 16.0. The fourth-order valence-electron chi connectivity index (χ4n) is 3.19. The fourth-order valence-corrected chi connectivity index (χ4v) is 5.16. The van der Waals surface area contributed by atoms with Crippen molar-refractivity contribution in [2.24, 2.45) is 0 Å². The number of hydrogen-bond donors (Lipinski definition) is 0. The molecule has 1 atom stereocenters. The predicted molar refractivity (Wildman–Crippen MR) is 111 cm³/mol. The van der Waals surface area contributed by atoms with E-state index in [2.05, 4.69) is 12.1 Å². The molecule has 0 fully saturated rings. The highest BCUT2D eigenvalue weighted by molar-refractivity contribution is 8.00. The molecule has 5 heteroatoms. The number of carbonyl (C=O) groups excluding carboxylic acids is 1. The molecule has 0 unspecified atom stereocenters. The summed E-state index contributed by atoms with van der Waals surface area (Å²) in [6, 6.07) is 24.6. The first-order chi connectivity index (χ1) is 13.2. The number of amides is 1. The van der Waals surface area contributed by atoms with Gasteiger partial charge in [-0.05, 0) is 29.8 Å². The van der Waals surface area contributed by atoms with Crippen LogP contribution in [-0.2, 0) is 4.79 Å². The van der Waals surface area contributed by atoms with Crippen LogP contribution < -0.4 is 4.90 Å². The summed E-state index contributed by atoms with van der Waals surface area (Å²) in [4.78, 5) is 16.7. The second kappa shape index (κ2) is 8.19. The van der Waals surface area contributed by atoms with E-state index in [0.717, 1.165) is 21.9 Å². The third-order valence-corrected chi connectivity index (χ3v) is 6.65. The van der Waals surface area contributed by atoms with Gasteiger partial charge in [0.15, 0.2) is 0 Å². The third-order valence-electron chi connectivity index (χ3n) is 4.47. The van der Waals surface area contributed by atoms with Gasteiger partial charge < -0.3 is 4.90 Å². The number of benzene rings is 3. The Kier molecular flexibility index (Phi) is 5.50. The minimum atomic E-state index is -0.287. The zero-order valence-corrected chi connectivity index (χ0v) is 16.2. The summed E-state index contributed by atoms with van der Waals surface area (Å²) in [7, 11) is 0. The molecule has 3 aromatic rings. The van der Waals surface area contributed by atoms with Crippen LogP contribution in [0.5, 0.6) is 0 Å². The Hall–Kier alpha value is -2.24. The van der Waals surface area contributed by atoms with Crippen LogP contribution in [0.3, 0.4) is 0 Å². The van der Waals surface area contributed by atoms with Crippen molar-refractivity contribution in [1.29, 1.82) is 0 Å². The zero-order chi connectivity index (χ0) is 18.6. The van der Waals surface area contributed by atoms with Crippen LogP contribution in [0.25, 0.3) is 0 Å². The molecule has 0 saturated heterocycles. The Morgan fingerprint density at radius 3 is 2.52 bits per heavy atom. The molecule has 0 saturated carbocycles. The number of halogens is 1. The van der Waals surface area contributed by atoms with E-state index in [1.165, 1.54) is 17.8 Å². The molecule has 0 N–H and O–H groups in total. The molecule has 1 heterocycles. The van der Waals surface area contributed by atoms with Gasteiger partial charge in [0.05, 0.1) is 17.5 Å². The monoisotopic (exact) mass is 395 g/mol. The van der Waals surface area contributed by atoms with Crippen molar-refractivity contribution in [2.75, 3.05) is 16.4 Å². The smallest absolute Gasteiger partial charge is 0.237 e. The van der Waals surface area contributed by atoms with Crippen molar-refractivity contribution in [3.8, 4) is 0 Å². The first-order valence-electron chi connectivity index (χ1n) is 8.70. The highest BCUT2D eigenvalue weighted by Crippen LogP contribution is 2.43. The highest BCUT2D eigenvalue weighted by Gasteiger charge is 2.32. The number of carbonyl (C=O) groups is 1. The molecule has 4 rings (SSSR count). The van der Waals surface area contributed by atoms with Gasteiger partial charge in [-0.2, -0.15) is 0 Å². The lowest BCUT2D eigenvalue weighted by molar-refractivity contribution is -0.116. The molecule has 2 nitrogen and oxygen atoms in total. The van der Waals surface area contributed by atoms with E-state index in [9.17, 15) is 9.18 Å². The van der Waals surface area contributed by atoms with Crippen LogP contribution in [0, 0.1) is 5.82 Å². The first kappa shape index (κ1) is 18.1. The summed E-state index contributed by atoms with van der Waals surface area (Å²) in [5.41, 5.74) is 2.05. The van der Waals surface area contributed by atoms with Crippen LogP contribution in [0.15, 0.2) is 88.7 Å². The van der Waals surface area contributed by atoms with Gasteiger partial charge in [0.25, 0.3) is 0 Å². The van der Waals surface area contributed by atoms with Crippen molar-refractivity contribution in [1.82, 2.24) is 0 Å². The Morgan fingerprint density at radius 1 is 1.00 bits per heavy atom. The quantitative estimate of drug-likeness (QED) is 0.521. The van der Waals surface area contributed by atoms with Crippen molar-refractivity contribution in [3.63, 3.8) is 0 Å². The van der Waals surface area contributed by atoms with Gasteiger partial charge in [0.2, 0.25) is 5.91 Å². The van der Waals surface area contributed by atoms with Gasteiger partial charge in [-0.3, -0.25) is 4.79 Å². The molecule has 27 heavy (non-hydrogen) atoms. The average Bonchev–Trinajstić information content (AvgIpc) is 2.72. The Bertz CT molecular complexity index is 948. The average molecular weight is 396 g/mol. The van der Waals surface area contributed by atoms with Crippen LogP contribution >= 0.6 is 23.5 Å². The number of para-hydroxylation sites is 1. The predicted octanol–water partition coefficient (Wildman–Crippen LogP) is 5.80. The maximum Gasteiger partial charge on any atom is 0.237 e. The van der Waals surface area contributed by atoms with E-state index in [1.54, 1.807) is 30.0 Å². The summed E-state index contributed by atoms with van der Waals surface area (Å²) in [6.07, 6.45) is 0. The van der Waals surface area contributed by atoms with E-state index < -0.39 is 0 Å². The maximum atomic E-state index is 13.9. The second-order valence-electron chi connectivity index (χ2n) is 6.19. The van der Waals surface area contributed by atoms with Gasteiger partial charge in [0.1, 0.15) is 5.82 Å². The zero-order valence-electron chi connectivity index (χ0n) is 14.5. The van der Waals surface area contributed by atoms with Gasteiger partial charge in [0, 0.05) is 15.5 Å². The summed E-state index contributed by atoms with van der Waals surface area (Å²) in [5, 5.41) is 0. The number of nitrogens with zero attached hydrogens (tertiary/aromatic N) is 1. The number of hydrogen-bond acceptors (Lipinski definition) is 3. The van der Waals surface area contributed by atoms with Gasteiger partial charge in [-0.25, -0.2) is 4.39 Å². The Labute approximate surface area is 166 Å². The molecule has 0 aromatic heterocycles. The molecule has 3 aromatic carbocycles. The van der Waals surface area contributed by atoms with Crippen molar-refractivity contribution in [3.05, 3.63) is 90.2 Å². The first-order valence-corrected chi connectivity index (χ1v) is 10.7. The molecule has 136 valence electrons. The minimum Gasteiger partial charge on any atom is -0.302 e. The van der Waals surface area contributed by atoms with Crippen LogP contribution in [0.4, 0.5) is 10.1 Å². The SMILES string of the molecule is O=C(CSc1ccccc1F)N1c2ccccc2SC[C@H]1c1ccccc1. The van der Waals surface area contributed by atoms with E-state index in [-0.39, 0.29) is 23.5 Å². The van der Waals surface area contributed by atoms with E-state index in [0.29, 0.717) is 4.90 Å². The van der Waals surface area contributed by atoms with Gasteiger partial charge in [-0.1, -0.05) is 54.6 Å². The molecule has 1 amide bonds. The fraction of sp³-hybridized carbons (Fsp3) is 0.136. The van der Waals surface area contributed by atoms with E-state index in [1.807, 2.05) is 47.4 Å². The number of rotatable bonds is 4. The standard InChI is InChI=1S/C22H18FNOS2/c23-17-10-4-6-12-20(17)27-15-22(25)24-18-11-5-7-13-21(18)26-14-19(24)16-8-2-1-3-9-16/h1-13,19H,14-15H2/t19-/m0/s1. The lowest BCUT2D eigenvalue weighted by Gasteiger charge is -2.37. The number of thioether (sulfide) groups is 2. The van der Waals surface area contributed by atoms with E-state index >= 15 is 0 Å². The molecule has 1 aliphatic rings. The largest absolute Gasteiger partial charge is 0.302 e. The lowest BCUT2D eigenvalue weighted by Crippen LogP contribution is -2.39. The number of fused-ring (bicyclic) bond motifs is 1. The highest BCUT2D eigenvalue weighted by atomic mass is 32.2.